The Hall–Kier alpha value is -1.27. The summed E-state index contributed by atoms with van der Waals surface area (Å²) in [5, 5.41) is -0.536. The van der Waals surface area contributed by atoms with Crippen molar-refractivity contribution in [3.63, 3.8) is 0 Å². The average Bonchev–Trinajstić information content (AvgIpc) is 2.98. The Morgan fingerprint density at radius 1 is 1.25 bits per heavy atom. The van der Waals surface area contributed by atoms with Crippen molar-refractivity contribution < 1.29 is 14.0 Å². The van der Waals surface area contributed by atoms with Crippen LogP contribution >= 0.6 is 23.4 Å². The van der Waals surface area contributed by atoms with Gasteiger partial charge in [-0.05, 0) is 31.9 Å². The molecule has 0 aromatic heterocycles. The van der Waals surface area contributed by atoms with Gasteiger partial charge in [0, 0.05) is 25.4 Å². The van der Waals surface area contributed by atoms with Crippen LogP contribution < -0.4 is 0 Å². The fourth-order valence-corrected chi connectivity index (χ4v) is 5.01. The van der Waals surface area contributed by atoms with Gasteiger partial charge >= 0.3 is 0 Å². The summed E-state index contributed by atoms with van der Waals surface area (Å²) in [7, 11) is 0. The maximum absolute atomic E-state index is 14.0. The zero-order chi connectivity index (χ0) is 17.3. The second-order valence-electron chi connectivity index (χ2n) is 6.17. The predicted octanol–water partition coefficient (Wildman–Crippen LogP) is 2.96. The molecule has 2 saturated heterocycles. The summed E-state index contributed by atoms with van der Waals surface area (Å²) in [6.45, 7) is 3.43. The second kappa shape index (κ2) is 6.92. The van der Waals surface area contributed by atoms with E-state index in [-0.39, 0.29) is 22.2 Å². The maximum Gasteiger partial charge on any atom is 0.257 e. The zero-order valence-corrected chi connectivity index (χ0v) is 15.1. The van der Waals surface area contributed by atoms with Crippen LogP contribution in [-0.4, -0.2) is 57.2 Å². The molecule has 0 unspecified atom stereocenters. The number of nitrogens with zero attached hydrogens (tertiary/aromatic N) is 2. The number of benzene rings is 1. The van der Waals surface area contributed by atoms with Crippen molar-refractivity contribution >= 4 is 35.2 Å². The summed E-state index contributed by atoms with van der Waals surface area (Å²) in [6.07, 6.45) is 1.38. The standard InChI is InChI=1S/C17H20ClFN2O2S/c1-12(18)15(22)20-8-6-17(7-9-20)21(10-11-24-17)16(23)13-4-2-3-5-14(13)19/h2-5,12H,6-11H2,1H3/t12-/m1/s1. The van der Waals surface area contributed by atoms with Crippen molar-refractivity contribution in [1.82, 2.24) is 9.80 Å². The van der Waals surface area contributed by atoms with E-state index in [9.17, 15) is 14.0 Å². The number of hydrogen-bond donors (Lipinski definition) is 0. The molecule has 1 aromatic rings. The number of amides is 2. The lowest BCUT2D eigenvalue weighted by Crippen LogP contribution is -2.54. The van der Waals surface area contributed by atoms with E-state index in [1.165, 1.54) is 12.1 Å². The van der Waals surface area contributed by atoms with E-state index in [4.69, 9.17) is 11.6 Å². The van der Waals surface area contributed by atoms with E-state index in [2.05, 4.69) is 0 Å². The lowest BCUT2D eigenvalue weighted by atomic mass is 10.0. The van der Waals surface area contributed by atoms with Gasteiger partial charge in [-0.2, -0.15) is 0 Å². The molecule has 4 nitrogen and oxygen atoms in total. The van der Waals surface area contributed by atoms with E-state index in [1.54, 1.807) is 40.6 Å². The lowest BCUT2D eigenvalue weighted by molar-refractivity contribution is -0.132. The van der Waals surface area contributed by atoms with Crippen LogP contribution in [0.2, 0.25) is 0 Å². The van der Waals surface area contributed by atoms with Crippen LogP contribution in [0.4, 0.5) is 4.39 Å². The van der Waals surface area contributed by atoms with Crippen molar-refractivity contribution in [2.24, 2.45) is 0 Å². The first-order valence-corrected chi connectivity index (χ1v) is 9.50. The average molecular weight is 371 g/mol. The summed E-state index contributed by atoms with van der Waals surface area (Å²) in [4.78, 5) is 28.1. The normalized spacial score (nSPS) is 21.1. The Bertz CT molecular complexity index is 647. The molecule has 2 amide bonds. The Morgan fingerprint density at radius 2 is 1.92 bits per heavy atom. The van der Waals surface area contributed by atoms with Gasteiger partial charge in [-0.25, -0.2) is 4.39 Å². The first-order valence-electron chi connectivity index (χ1n) is 8.08. The molecule has 3 rings (SSSR count). The minimum absolute atomic E-state index is 0.0681. The van der Waals surface area contributed by atoms with E-state index in [0.717, 1.165) is 5.75 Å². The minimum atomic E-state index is -0.536. The summed E-state index contributed by atoms with van der Waals surface area (Å²) >= 11 is 7.62. The van der Waals surface area contributed by atoms with Crippen molar-refractivity contribution in [3.05, 3.63) is 35.6 Å². The summed E-state index contributed by atoms with van der Waals surface area (Å²) in [5.74, 6) is 0.0169. The molecule has 0 bridgehead atoms. The fraction of sp³-hybridized carbons (Fsp3) is 0.529. The molecule has 0 aliphatic carbocycles. The molecule has 1 aromatic carbocycles. The molecule has 0 saturated carbocycles. The van der Waals surface area contributed by atoms with E-state index >= 15 is 0 Å². The second-order valence-corrected chi connectivity index (χ2v) is 8.28. The number of likely N-dealkylation sites (tertiary alicyclic amines) is 1. The number of piperidine rings is 1. The first-order chi connectivity index (χ1) is 11.4. The fourth-order valence-electron chi connectivity index (χ4n) is 3.42. The van der Waals surface area contributed by atoms with Crippen LogP contribution in [0.25, 0.3) is 0 Å². The van der Waals surface area contributed by atoms with Gasteiger partial charge in [0.1, 0.15) is 11.2 Å². The molecule has 2 aliphatic rings. The molecular formula is C17H20ClFN2O2S. The third-order valence-corrected chi connectivity index (χ3v) is 6.46. The van der Waals surface area contributed by atoms with Gasteiger partial charge < -0.3 is 9.80 Å². The molecule has 2 fully saturated rings. The van der Waals surface area contributed by atoms with Crippen LogP contribution in [0.3, 0.4) is 0 Å². The number of hydrogen-bond acceptors (Lipinski definition) is 3. The van der Waals surface area contributed by atoms with E-state index < -0.39 is 11.2 Å². The molecule has 7 heteroatoms. The Kier molecular flexibility index (Phi) is 5.06. The minimum Gasteiger partial charge on any atom is -0.341 e. The van der Waals surface area contributed by atoms with Gasteiger partial charge in [0.25, 0.3) is 5.91 Å². The van der Waals surface area contributed by atoms with Gasteiger partial charge in [0.15, 0.2) is 0 Å². The highest BCUT2D eigenvalue weighted by Crippen LogP contribution is 2.44. The van der Waals surface area contributed by atoms with Gasteiger partial charge in [-0.15, -0.1) is 23.4 Å². The van der Waals surface area contributed by atoms with Gasteiger partial charge in [-0.3, -0.25) is 9.59 Å². The summed E-state index contributed by atoms with van der Waals surface area (Å²) in [6, 6.07) is 6.10. The third kappa shape index (κ3) is 3.14. The summed E-state index contributed by atoms with van der Waals surface area (Å²) < 4.78 is 14.0. The molecule has 0 N–H and O–H groups in total. The Morgan fingerprint density at radius 3 is 2.54 bits per heavy atom. The lowest BCUT2D eigenvalue weighted by Gasteiger charge is -2.44. The maximum atomic E-state index is 14.0. The van der Waals surface area contributed by atoms with Gasteiger partial charge in [0.05, 0.1) is 10.4 Å². The number of rotatable bonds is 2. The largest absolute Gasteiger partial charge is 0.341 e. The van der Waals surface area contributed by atoms with Crippen LogP contribution in [0.1, 0.15) is 30.1 Å². The van der Waals surface area contributed by atoms with Crippen molar-refractivity contribution in [2.75, 3.05) is 25.4 Å². The highest BCUT2D eigenvalue weighted by Gasteiger charge is 2.47. The van der Waals surface area contributed by atoms with Gasteiger partial charge in [0.2, 0.25) is 5.91 Å². The summed E-state index contributed by atoms with van der Waals surface area (Å²) in [5.41, 5.74) is 0.118. The van der Waals surface area contributed by atoms with E-state index in [1.807, 2.05) is 0 Å². The number of halogens is 2. The number of thioether (sulfide) groups is 1. The molecular weight excluding hydrogens is 351 g/mol. The smallest absolute Gasteiger partial charge is 0.257 e. The molecule has 1 spiro atoms. The van der Waals surface area contributed by atoms with Crippen molar-refractivity contribution in [3.8, 4) is 0 Å². The zero-order valence-electron chi connectivity index (χ0n) is 13.5. The Labute approximate surface area is 150 Å². The number of carbonyl (C=O) groups is 2. The molecule has 24 heavy (non-hydrogen) atoms. The topological polar surface area (TPSA) is 40.6 Å². The van der Waals surface area contributed by atoms with Crippen molar-refractivity contribution in [2.45, 2.75) is 30.0 Å². The third-order valence-electron chi connectivity index (χ3n) is 4.72. The molecule has 2 heterocycles. The quantitative estimate of drug-likeness (QED) is 0.751. The predicted molar refractivity (Wildman–Crippen MR) is 93.8 cm³/mol. The van der Waals surface area contributed by atoms with Crippen LogP contribution in [0.15, 0.2) is 24.3 Å². The monoisotopic (exact) mass is 370 g/mol. The molecule has 1 atom stereocenters. The molecule has 0 radical (unpaired) electrons. The molecule has 130 valence electrons. The Balaban J connectivity index is 1.76. The SMILES string of the molecule is C[C@@H](Cl)C(=O)N1CCC2(CC1)SCCN2C(=O)c1ccccc1F. The van der Waals surface area contributed by atoms with Crippen molar-refractivity contribution in [1.29, 1.82) is 0 Å². The van der Waals surface area contributed by atoms with Crippen LogP contribution in [0.5, 0.6) is 0 Å². The highest BCUT2D eigenvalue weighted by molar-refractivity contribution is 8.00. The van der Waals surface area contributed by atoms with Gasteiger partial charge in [-0.1, -0.05) is 12.1 Å². The first kappa shape index (κ1) is 17.5. The number of carbonyl (C=O) groups excluding carboxylic acids is 2. The van der Waals surface area contributed by atoms with Crippen LogP contribution in [0, 0.1) is 5.82 Å². The van der Waals surface area contributed by atoms with Crippen LogP contribution in [-0.2, 0) is 4.79 Å². The highest BCUT2D eigenvalue weighted by atomic mass is 35.5. The molecule has 2 aliphatic heterocycles. The number of alkyl halides is 1. The van der Waals surface area contributed by atoms with E-state index in [0.29, 0.717) is 32.5 Å².